The Morgan fingerprint density at radius 2 is 1.93 bits per heavy atom. The van der Waals surface area contributed by atoms with E-state index in [0.717, 1.165) is 26.1 Å². The molecule has 3 heterocycles. The van der Waals surface area contributed by atoms with Gasteiger partial charge in [0.15, 0.2) is 0 Å². The third kappa shape index (κ3) is 3.58. The fraction of sp³-hybridized carbons (Fsp3) is 0.400. The third-order valence-electron chi connectivity index (χ3n) is 6.56. The van der Waals surface area contributed by atoms with Crippen molar-refractivity contribution in [3.05, 3.63) is 76.5 Å². The van der Waals surface area contributed by atoms with Crippen molar-refractivity contribution in [3.63, 3.8) is 0 Å². The van der Waals surface area contributed by atoms with E-state index in [1.807, 2.05) is 0 Å². The summed E-state index contributed by atoms with van der Waals surface area (Å²) in [4.78, 5) is 2.60. The standard InChI is InChI=1S/C25H30N4/c1-18-10-11-22(15-19(18)2)29-25-23(12-13-26-25)24(27-29)21-9-6-14-28(17-21)16-20-7-4-3-5-8-20/h3-5,7-8,10-11,15,21,26H,6,9,12-14,16-17H2,1-2H3. The van der Waals surface area contributed by atoms with E-state index in [4.69, 9.17) is 5.10 Å². The number of rotatable bonds is 4. The topological polar surface area (TPSA) is 33.1 Å². The van der Waals surface area contributed by atoms with Crippen LogP contribution in [0.1, 0.15) is 46.7 Å². The maximum Gasteiger partial charge on any atom is 0.133 e. The van der Waals surface area contributed by atoms with Gasteiger partial charge < -0.3 is 5.32 Å². The molecular weight excluding hydrogens is 356 g/mol. The summed E-state index contributed by atoms with van der Waals surface area (Å²) in [7, 11) is 0. The maximum atomic E-state index is 5.17. The van der Waals surface area contributed by atoms with E-state index in [2.05, 4.69) is 77.3 Å². The number of nitrogens with one attached hydrogen (secondary N) is 1. The molecule has 2 aromatic carbocycles. The van der Waals surface area contributed by atoms with Gasteiger partial charge in [-0.15, -0.1) is 0 Å². The zero-order chi connectivity index (χ0) is 19.8. The van der Waals surface area contributed by atoms with E-state index in [9.17, 15) is 0 Å². The lowest BCUT2D eigenvalue weighted by molar-refractivity contribution is 0.198. The predicted octanol–water partition coefficient (Wildman–Crippen LogP) is 4.84. The molecule has 1 saturated heterocycles. The van der Waals surface area contributed by atoms with Crippen LogP contribution >= 0.6 is 0 Å². The molecule has 3 aromatic rings. The van der Waals surface area contributed by atoms with Gasteiger partial charge in [-0.1, -0.05) is 36.4 Å². The van der Waals surface area contributed by atoms with Crippen molar-refractivity contribution in [2.24, 2.45) is 0 Å². The number of aryl methyl sites for hydroxylation is 2. The summed E-state index contributed by atoms with van der Waals surface area (Å²) in [6.45, 7) is 8.69. The minimum atomic E-state index is 0.522. The van der Waals surface area contributed by atoms with E-state index in [0.29, 0.717) is 5.92 Å². The number of piperidine rings is 1. The molecule has 0 spiro atoms. The normalized spacial score (nSPS) is 19.2. The molecule has 0 bridgehead atoms. The van der Waals surface area contributed by atoms with Gasteiger partial charge in [0, 0.05) is 31.1 Å². The molecule has 0 aliphatic carbocycles. The molecule has 0 radical (unpaired) electrons. The number of benzene rings is 2. The van der Waals surface area contributed by atoms with Crippen molar-refractivity contribution >= 4 is 5.82 Å². The van der Waals surface area contributed by atoms with Gasteiger partial charge in [-0.25, -0.2) is 4.68 Å². The van der Waals surface area contributed by atoms with Crippen molar-refractivity contribution in [1.82, 2.24) is 14.7 Å². The zero-order valence-corrected chi connectivity index (χ0v) is 17.5. The van der Waals surface area contributed by atoms with Crippen LogP contribution < -0.4 is 5.32 Å². The Morgan fingerprint density at radius 1 is 1.07 bits per heavy atom. The van der Waals surface area contributed by atoms with Gasteiger partial charge in [0.05, 0.1) is 11.4 Å². The molecule has 1 unspecified atom stereocenters. The Morgan fingerprint density at radius 3 is 2.76 bits per heavy atom. The van der Waals surface area contributed by atoms with Crippen LogP contribution in [0.5, 0.6) is 0 Å². The summed E-state index contributed by atoms with van der Waals surface area (Å²) in [6, 6.07) is 17.5. The highest BCUT2D eigenvalue weighted by molar-refractivity contribution is 5.58. The molecule has 0 saturated carbocycles. The number of hydrogen-bond donors (Lipinski definition) is 1. The maximum absolute atomic E-state index is 5.17. The lowest BCUT2D eigenvalue weighted by Crippen LogP contribution is -2.34. The fourth-order valence-corrected chi connectivity index (χ4v) is 4.84. The number of nitrogens with zero attached hydrogens (tertiary/aromatic N) is 3. The first kappa shape index (κ1) is 18.4. The molecule has 5 rings (SSSR count). The molecule has 1 aromatic heterocycles. The average Bonchev–Trinajstić information content (AvgIpc) is 3.34. The van der Waals surface area contributed by atoms with Gasteiger partial charge in [-0.05, 0) is 68.5 Å². The Balaban J connectivity index is 1.43. The van der Waals surface area contributed by atoms with E-state index in [1.165, 1.54) is 58.8 Å². The highest BCUT2D eigenvalue weighted by atomic mass is 15.3. The third-order valence-corrected chi connectivity index (χ3v) is 6.56. The van der Waals surface area contributed by atoms with Crippen LogP contribution in [0.4, 0.5) is 5.82 Å². The Hall–Kier alpha value is -2.59. The molecule has 2 aliphatic heterocycles. The quantitative estimate of drug-likeness (QED) is 0.697. The largest absolute Gasteiger partial charge is 0.369 e. The van der Waals surface area contributed by atoms with E-state index >= 15 is 0 Å². The minimum absolute atomic E-state index is 0.522. The molecule has 1 N–H and O–H groups in total. The second kappa shape index (κ2) is 7.68. The molecule has 0 amide bonds. The number of fused-ring (bicyclic) bond motifs is 1. The molecule has 4 heteroatoms. The van der Waals surface area contributed by atoms with Gasteiger partial charge in [0.2, 0.25) is 0 Å². The van der Waals surface area contributed by atoms with Crippen molar-refractivity contribution in [2.45, 2.75) is 45.6 Å². The Kier molecular flexibility index (Phi) is 4.88. The predicted molar refractivity (Wildman–Crippen MR) is 119 cm³/mol. The van der Waals surface area contributed by atoms with Crippen LogP contribution in [0.15, 0.2) is 48.5 Å². The van der Waals surface area contributed by atoms with E-state index in [-0.39, 0.29) is 0 Å². The smallest absolute Gasteiger partial charge is 0.133 e. The van der Waals surface area contributed by atoms with Crippen LogP contribution in [-0.4, -0.2) is 34.3 Å². The van der Waals surface area contributed by atoms with Crippen molar-refractivity contribution < 1.29 is 0 Å². The second-order valence-corrected chi connectivity index (χ2v) is 8.63. The van der Waals surface area contributed by atoms with E-state index in [1.54, 1.807) is 0 Å². The van der Waals surface area contributed by atoms with Crippen molar-refractivity contribution in [3.8, 4) is 5.69 Å². The molecular formula is C25H30N4. The highest BCUT2D eigenvalue weighted by Gasteiger charge is 2.30. The molecule has 4 nitrogen and oxygen atoms in total. The molecule has 150 valence electrons. The van der Waals surface area contributed by atoms with Crippen LogP contribution in [0.2, 0.25) is 0 Å². The first-order chi connectivity index (χ1) is 14.2. The zero-order valence-electron chi connectivity index (χ0n) is 17.5. The second-order valence-electron chi connectivity index (χ2n) is 8.63. The highest BCUT2D eigenvalue weighted by Crippen LogP contribution is 2.36. The average molecular weight is 387 g/mol. The molecule has 1 fully saturated rings. The van der Waals surface area contributed by atoms with Crippen molar-refractivity contribution in [2.75, 3.05) is 25.0 Å². The van der Waals surface area contributed by atoms with Crippen LogP contribution in [0.3, 0.4) is 0 Å². The molecule has 29 heavy (non-hydrogen) atoms. The summed E-state index contributed by atoms with van der Waals surface area (Å²) in [6.07, 6.45) is 3.57. The summed E-state index contributed by atoms with van der Waals surface area (Å²) < 4.78 is 2.15. The summed E-state index contributed by atoms with van der Waals surface area (Å²) in [5.74, 6) is 1.73. The van der Waals surface area contributed by atoms with Crippen LogP contribution in [-0.2, 0) is 13.0 Å². The summed E-state index contributed by atoms with van der Waals surface area (Å²) >= 11 is 0. The first-order valence-corrected chi connectivity index (χ1v) is 10.9. The molecule has 1 atom stereocenters. The Bertz CT molecular complexity index is 1010. The number of likely N-dealkylation sites (tertiary alicyclic amines) is 1. The fourth-order valence-electron chi connectivity index (χ4n) is 4.84. The number of anilines is 1. The van der Waals surface area contributed by atoms with Gasteiger partial charge in [-0.3, -0.25) is 4.90 Å². The lowest BCUT2D eigenvalue weighted by atomic mass is 9.91. The lowest BCUT2D eigenvalue weighted by Gasteiger charge is -2.32. The monoisotopic (exact) mass is 386 g/mol. The summed E-state index contributed by atoms with van der Waals surface area (Å²) in [5, 5.41) is 8.76. The van der Waals surface area contributed by atoms with Gasteiger partial charge >= 0.3 is 0 Å². The van der Waals surface area contributed by atoms with Gasteiger partial charge in [0.25, 0.3) is 0 Å². The van der Waals surface area contributed by atoms with Gasteiger partial charge in [-0.2, -0.15) is 5.10 Å². The molecule has 2 aliphatic rings. The first-order valence-electron chi connectivity index (χ1n) is 10.9. The van der Waals surface area contributed by atoms with Crippen LogP contribution in [0, 0.1) is 13.8 Å². The van der Waals surface area contributed by atoms with Gasteiger partial charge in [0.1, 0.15) is 5.82 Å². The van der Waals surface area contributed by atoms with Crippen LogP contribution in [0.25, 0.3) is 5.69 Å². The minimum Gasteiger partial charge on any atom is -0.369 e. The number of hydrogen-bond acceptors (Lipinski definition) is 3. The SMILES string of the molecule is Cc1ccc(-n2nc(C3CCCN(Cc4ccccc4)C3)c3c2NCC3)cc1C. The van der Waals surface area contributed by atoms with E-state index < -0.39 is 0 Å². The summed E-state index contributed by atoms with van der Waals surface area (Å²) in [5.41, 5.74) is 7.98. The number of aromatic nitrogens is 2. The van der Waals surface area contributed by atoms with Crippen molar-refractivity contribution in [1.29, 1.82) is 0 Å². The Labute approximate surface area is 173 Å².